The Balaban J connectivity index is 1.55. The molecule has 3 aliphatic rings. The molecule has 38 heavy (non-hydrogen) atoms. The van der Waals surface area contributed by atoms with Gasteiger partial charge < -0.3 is 23.8 Å². The van der Waals surface area contributed by atoms with Crippen LogP contribution >= 0.6 is 11.8 Å². The smallest absolute Gasteiger partial charge is 0.451 e. The van der Waals surface area contributed by atoms with Crippen molar-refractivity contribution in [2.45, 2.75) is 22.9 Å². The highest BCUT2D eigenvalue weighted by molar-refractivity contribution is 7.98. The molecular formula is C26H24N4O7S. The lowest BCUT2D eigenvalue weighted by molar-refractivity contribution is -0.0209. The minimum Gasteiger partial charge on any atom is -0.451 e. The number of benzene rings is 1. The van der Waals surface area contributed by atoms with E-state index in [0.717, 1.165) is 28.8 Å². The fourth-order valence-electron chi connectivity index (χ4n) is 5.11. The summed E-state index contributed by atoms with van der Waals surface area (Å²) in [5.74, 6) is 0.111. The highest BCUT2D eigenvalue weighted by Crippen LogP contribution is 2.43. The van der Waals surface area contributed by atoms with Crippen molar-refractivity contribution in [2.24, 2.45) is 0 Å². The fourth-order valence-corrected chi connectivity index (χ4v) is 6.17. The quantitative estimate of drug-likeness (QED) is 0.364. The maximum absolute atomic E-state index is 13.8. The molecule has 12 heteroatoms. The number of carbonyl (C=O) groups is 2. The molecule has 6 rings (SSSR count). The van der Waals surface area contributed by atoms with Crippen molar-refractivity contribution >= 4 is 23.8 Å². The molecule has 0 radical (unpaired) electrons. The van der Waals surface area contributed by atoms with Gasteiger partial charge in [0.1, 0.15) is 12.2 Å². The number of methoxy groups -OCH3 is 1. The maximum Gasteiger partial charge on any atom is 0.510 e. The van der Waals surface area contributed by atoms with Gasteiger partial charge in [-0.05, 0) is 17.7 Å². The van der Waals surface area contributed by atoms with Gasteiger partial charge in [0, 0.05) is 41.2 Å². The largest absolute Gasteiger partial charge is 0.510 e. The van der Waals surface area contributed by atoms with Crippen molar-refractivity contribution < 1.29 is 28.5 Å². The van der Waals surface area contributed by atoms with Crippen molar-refractivity contribution in [1.82, 2.24) is 14.6 Å². The first-order chi connectivity index (χ1) is 18.6. The third-order valence-electron chi connectivity index (χ3n) is 6.77. The Bertz CT molecular complexity index is 1410. The Hall–Kier alpha value is -4.03. The van der Waals surface area contributed by atoms with Crippen LogP contribution in [0.2, 0.25) is 0 Å². The zero-order chi connectivity index (χ0) is 26.2. The number of aromatic nitrogens is 2. The molecule has 3 aromatic rings. The number of ether oxygens (including phenoxy) is 4. The van der Waals surface area contributed by atoms with E-state index in [2.05, 4.69) is 26.9 Å². The Morgan fingerprint density at radius 3 is 2.87 bits per heavy atom. The molecule has 1 saturated heterocycles. The van der Waals surface area contributed by atoms with Crippen LogP contribution in [0.4, 0.5) is 4.79 Å². The Morgan fingerprint density at radius 2 is 2.00 bits per heavy atom. The predicted octanol–water partition coefficient (Wildman–Crippen LogP) is 2.51. The van der Waals surface area contributed by atoms with Gasteiger partial charge in [-0.15, -0.1) is 11.8 Å². The van der Waals surface area contributed by atoms with Gasteiger partial charge in [0.15, 0.2) is 5.69 Å². The predicted molar refractivity (Wildman–Crippen MR) is 136 cm³/mol. The molecule has 5 heterocycles. The summed E-state index contributed by atoms with van der Waals surface area (Å²) in [6.45, 7) is 0.392. The summed E-state index contributed by atoms with van der Waals surface area (Å²) in [5.41, 5.74) is 2.51. The van der Waals surface area contributed by atoms with Crippen molar-refractivity contribution in [2.75, 3.05) is 38.7 Å². The summed E-state index contributed by atoms with van der Waals surface area (Å²) < 4.78 is 22.4. The van der Waals surface area contributed by atoms with E-state index >= 15 is 0 Å². The summed E-state index contributed by atoms with van der Waals surface area (Å²) in [6, 6.07) is 13.1. The first kappa shape index (κ1) is 24.3. The van der Waals surface area contributed by atoms with Crippen LogP contribution in [-0.2, 0) is 20.0 Å². The summed E-state index contributed by atoms with van der Waals surface area (Å²) >= 11 is 1.71. The molecule has 0 aliphatic carbocycles. The van der Waals surface area contributed by atoms with E-state index in [1.165, 1.54) is 6.07 Å². The summed E-state index contributed by atoms with van der Waals surface area (Å²) in [6.07, 6.45) is 1.93. The fraction of sp³-hybridized carbons (Fsp3) is 0.308. The number of rotatable bonds is 4. The Labute approximate surface area is 221 Å². The highest BCUT2D eigenvalue weighted by Gasteiger charge is 2.46. The van der Waals surface area contributed by atoms with Crippen LogP contribution in [0, 0.1) is 0 Å². The molecule has 2 atom stereocenters. The third-order valence-corrected chi connectivity index (χ3v) is 7.87. The van der Waals surface area contributed by atoms with Crippen LogP contribution < -0.4 is 15.2 Å². The number of hydrogen-bond donors (Lipinski definition) is 0. The van der Waals surface area contributed by atoms with Gasteiger partial charge in [-0.1, -0.05) is 24.3 Å². The topological polar surface area (TPSA) is 112 Å². The molecular weight excluding hydrogens is 512 g/mol. The van der Waals surface area contributed by atoms with Crippen molar-refractivity contribution in [3.8, 4) is 5.75 Å². The molecule has 1 aromatic carbocycles. The molecule has 196 valence electrons. The molecule has 1 fully saturated rings. The van der Waals surface area contributed by atoms with Gasteiger partial charge >= 0.3 is 6.16 Å². The van der Waals surface area contributed by atoms with Gasteiger partial charge in [0.25, 0.3) is 5.91 Å². The molecule has 0 N–H and O–H groups in total. The zero-order valence-corrected chi connectivity index (χ0v) is 21.3. The number of morpholine rings is 1. The second-order valence-corrected chi connectivity index (χ2v) is 9.78. The van der Waals surface area contributed by atoms with Gasteiger partial charge in [0.2, 0.25) is 18.0 Å². The molecule has 3 aliphatic heterocycles. The number of nitrogens with zero attached hydrogens (tertiary/aromatic N) is 4. The highest BCUT2D eigenvalue weighted by atomic mass is 32.2. The second kappa shape index (κ2) is 10.0. The number of amides is 1. The van der Waals surface area contributed by atoms with Gasteiger partial charge in [-0.25, -0.2) is 4.79 Å². The number of hydrogen-bond acceptors (Lipinski definition) is 10. The number of thioether (sulfide) groups is 1. The molecule has 0 spiro atoms. The monoisotopic (exact) mass is 536 g/mol. The lowest BCUT2D eigenvalue weighted by Gasteiger charge is -2.51. The van der Waals surface area contributed by atoms with E-state index in [-0.39, 0.29) is 30.0 Å². The Morgan fingerprint density at radius 1 is 1.16 bits per heavy atom. The van der Waals surface area contributed by atoms with Crippen LogP contribution in [0.3, 0.4) is 0 Å². The summed E-state index contributed by atoms with van der Waals surface area (Å²) in [5, 5.41) is 2.05. The first-order valence-corrected chi connectivity index (χ1v) is 13.0. The molecule has 0 bridgehead atoms. The summed E-state index contributed by atoms with van der Waals surface area (Å²) in [4.78, 5) is 45.7. The van der Waals surface area contributed by atoms with Crippen LogP contribution in [0.1, 0.15) is 33.4 Å². The van der Waals surface area contributed by atoms with Gasteiger partial charge in [-0.3, -0.25) is 24.3 Å². The number of carbonyl (C=O) groups excluding carboxylic acids is 2. The summed E-state index contributed by atoms with van der Waals surface area (Å²) in [7, 11) is 1.16. The van der Waals surface area contributed by atoms with Crippen LogP contribution in [-0.4, -0.2) is 66.4 Å². The molecule has 2 unspecified atom stereocenters. The number of fused-ring (bicyclic) bond motifs is 4. The first-order valence-electron chi connectivity index (χ1n) is 12.0. The van der Waals surface area contributed by atoms with E-state index in [1.54, 1.807) is 33.7 Å². The van der Waals surface area contributed by atoms with Gasteiger partial charge in [-0.2, -0.15) is 0 Å². The SMILES string of the molecule is COC(=O)OCOc1c2n(ccc1=O)N(C1c3ccccc3SCc3ncccc31)C1COCCN1C2=O. The van der Waals surface area contributed by atoms with E-state index in [9.17, 15) is 14.4 Å². The van der Waals surface area contributed by atoms with Crippen molar-refractivity contribution in [3.05, 3.63) is 87.6 Å². The minimum atomic E-state index is -0.965. The average Bonchev–Trinajstić information content (AvgIpc) is 3.11. The van der Waals surface area contributed by atoms with Crippen LogP contribution in [0.25, 0.3) is 0 Å². The van der Waals surface area contributed by atoms with Crippen molar-refractivity contribution in [1.29, 1.82) is 0 Å². The van der Waals surface area contributed by atoms with E-state index < -0.39 is 24.5 Å². The molecule has 1 amide bonds. The van der Waals surface area contributed by atoms with Gasteiger partial charge in [0.05, 0.1) is 26.0 Å². The van der Waals surface area contributed by atoms with E-state index in [4.69, 9.17) is 14.2 Å². The van der Waals surface area contributed by atoms with Crippen LogP contribution in [0.5, 0.6) is 5.75 Å². The average molecular weight is 537 g/mol. The second-order valence-electron chi connectivity index (χ2n) is 8.77. The molecule has 0 saturated carbocycles. The lowest BCUT2D eigenvalue weighted by Crippen LogP contribution is -2.66. The Kier molecular flexibility index (Phi) is 6.42. The maximum atomic E-state index is 13.8. The normalized spacial score (nSPS) is 19.9. The standard InChI is InChI=1S/C26H24N4O7S/c1-34-26(33)37-15-36-24-19(31)8-10-29-23(24)25(32)28-11-12-35-13-21(28)30(29)22-16-6-4-9-27-18(16)14-38-20-7-3-2-5-17(20)22/h2-10,21-22H,11-15H2,1H3. The minimum absolute atomic E-state index is 0.0453. The van der Waals surface area contributed by atoms with E-state index in [0.29, 0.717) is 18.9 Å². The molecule has 11 nitrogen and oxygen atoms in total. The lowest BCUT2D eigenvalue weighted by atomic mass is 9.96. The third kappa shape index (κ3) is 4.05. The van der Waals surface area contributed by atoms with E-state index in [1.807, 2.05) is 24.3 Å². The molecule has 2 aromatic heterocycles. The zero-order valence-electron chi connectivity index (χ0n) is 20.4. The number of pyridine rings is 2. The van der Waals surface area contributed by atoms with Crippen LogP contribution in [0.15, 0.2) is 64.5 Å². The van der Waals surface area contributed by atoms with Crippen molar-refractivity contribution in [3.63, 3.8) is 0 Å².